The van der Waals surface area contributed by atoms with Gasteiger partial charge in [0.05, 0.1) is 23.5 Å². The highest BCUT2D eigenvalue weighted by atomic mass is 16.4. The maximum atomic E-state index is 11.6. The van der Waals surface area contributed by atoms with Gasteiger partial charge in [0, 0.05) is 31.0 Å². The second-order valence-electron chi connectivity index (χ2n) is 7.35. The van der Waals surface area contributed by atoms with E-state index in [1.807, 2.05) is 35.0 Å². The topological polar surface area (TPSA) is 83.3 Å². The van der Waals surface area contributed by atoms with Crippen LogP contribution in [0, 0.1) is 5.92 Å². The minimum Gasteiger partial charge on any atom is -0.478 e. The predicted octanol–water partition coefficient (Wildman–Crippen LogP) is 3.51. The van der Waals surface area contributed by atoms with Gasteiger partial charge in [-0.25, -0.2) is 4.79 Å². The Morgan fingerprint density at radius 1 is 1.21 bits per heavy atom. The average Bonchev–Trinajstić information content (AvgIpc) is 3.25. The van der Waals surface area contributed by atoms with Crippen LogP contribution >= 0.6 is 0 Å². The zero-order valence-electron chi connectivity index (χ0n) is 15.9. The van der Waals surface area contributed by atoms with Gasteiger partial charge in [0.15, 0.2) is 5.82 Å². The maximum absolute atomic E-state index is 11.6. The highest BCUT2D eigenvalue weighted by Crippen LogP contribution is 2.34. The molecule has 2 atom stereocenters. The lowest BCUT2D eigenvalue weighted by molar-refractivity contribution is 0.0698. The average molecular weight is 377 g/mol. The highest BCUT2D eigenvalue weighted by molar-refractivity contribution is 5.95. The van der Waals surface area contributed by atoms with Gasteiger partial charge in [-0.3, -0.25) is 9.67 Å². The second-order valence-corrected chi connectivity index (χ2v) is 7.35. The van der Waals surface area contributed by atoms with Crippen molar-refractivity contribution in [1.29, 1.82) is 0 Å². The van der Waals surface area contributed by atoms with Crippen LogP contribution in [0.3, 0.4) is 0 Å². The largest absolute Gasteiger partial charge is 0.478 e. The molecule has 0 amide bonds. The van der Waals surface area contributed by atoms with E-state index < -0.39 is 5.97 Å². The number of carboxylic acids is 1. The summed E-state index contributed by atoms with van der Waals surface area (Å²) in [7, 11) is 2.12. The molecule has 7 heteroatoms. The van der Waals surface area contributed by atoms with Crippen molar-refractivity contribution < 1.29 is 9.90 Å². The Bertz CT molecular complexity index is 985. The number of pyridine rings is 1. The summed E-state index contributed by atoms with van der Waals surface area (Å²) in [6.07, 6.45) is 5.04. The quantitative estimate of drug-likeness (QED) is 0.708. The van der Waals surface area contributed by atoms with Gasteiger partial charge in [-0.2, -0.15) is 5.10 Å². The van der Waals surface area contributed by atoms with Crippen LogP contribution in [0.5, 0.6) is 0 Å². The first-order chi connectivity index (χ1) is 13.5. The number of benzene rings is 1. The van der Waals surface area contributed by atoms with Gasteiger partial charge in [0.2, 0.25) is 0 Å². The Labute approximate surface area is 163 Å². The van der Waals surface area contributed by atoms with E-state index in [-0.39, 0.29) is 11.6 Å². The number of anilines is 2. The Kier molecular flexibility index (Phi) is 4.83. The number of carbonyl (C=O) groups is 1. The summed E-state index contributed by atoms with van der Waals surface area (Å²) in [4.78, 5) is 17.9. The van der Waals surface area contributed by atoms with Crippen molar-refractivity contribution in [2.45, 2.75) is 13.0 Å². The number of likely N-dealkylation sites (tertiary alicyclic amines) is 1. The van der Waals surface area contributed by atoms with Crippen LogP contribution in [0.25, 0.3) is 11.1 Å². The molecule has 1 saturated heterocycles. The molecule has 0 spiro atoms. The van der Waals surface area contributed by atoms with Gasteiger partial charge in [0.1, 0.15) is 0 Å². The molecule has 7 nitrogen and oxygen atoms in total. The third-order valence-electron chi connectivity index (χ3n) is 5.22. The van der Waals surface area contributed by atoms with E-state index in [2.05, 4.69) is 35.4 Å². The second kappa shape index (κ2) is 7.44. The van der Waals surface area contributed by atoms with E-state index in [9.17, 15) is 9.90 Å². The third kappa shape index (κ3) is 3.48. The van der Waals surface area contributed by atoms with Crippen LogP contribution < -0.4 is 5.32 Å². The maximum Gasteiger partial charge on any atom is 0.337 e. The molecular formula is C21H23N5O2. The Balaban J connectivity index is 1.76. The summed E-state index contributed by atoms with van der Waals surface area (Å²) in [6, 6.07) is 11.7. The van der Waals surface area contributed by atoms with Gasteiger partial charge in [-0.05, 0) is 24.6 Å². The lowest BCUT2D eigenvalue weighted by Crippen LogP contribution is -2.17. The lowest BCUT2D eigenvalue weighted by Gasteiger charge is -2.14. The first-order valence-electron chi connectivity index (χ1n) is 9.30. The summed E-state index contributed by atoms with van der Waals surface area (Å²) < 4.78 is 2.01. The van der Waals surface area contributed by atoms with E-state index in [1.165, 1.54) is 18.5 Å². The first-order valence-corrected chi connectivity index (χ1v) is 9.30. The number of aromatic nitrogens is 3. The van der Waals surface area contributed by atoms with Gasteiger partial charge >= 0.3 is 5.97 Å². The highest BCUT2D eigenvalue weighted by Gasteiger charge is 2.30. The van der Waals surface area contributed by atoms with Crippen molar-refractivity contribution in [2.24, 2.45) is 5.92 Å². The van der Waals surface area contributed by atoms with E-state index in [4.69, 9.17) is 5.10 Å². The van der Waals surface area contributed by atoms with Crippen LogP contribution in [-0.2, 0) is 0 Å². The number of nitrogens with zero attached hydrogens (tertiary/aromatic N) is 4. The van der Waals surface area contributed by atoms with E-state index in [0.717, 1.165) is 24.2 Å². The zero-order valence-corrected chi connectivity index (χ0v) is 15.9. The molecule has 0 aliphatic carbocycles. The normalized spacial score (nSPS) is 19.6. The van der Waals surface area contributed by atoms with Crippen molar-refractivity contribution in [3.63, 3.8) is 0 Å². The molecule has 1 aromatic carbocycles. The van der Waals surface area contributed by atoms with E-state index >= 15 is 0 Å². The molecule has 3 aromatic rings. The number of carboxylic acid groups (broad SMARTS) is 1. The predicted molar refractivity (Wildman–Crippen MR) is 108 cm³/mol. The molecule has 0 radical (unpaired) electrons. The molecule has 2 N–H and O–H groups in total. The van der Waals surface area contributed by atoms with Crippen molar-refractivity contribution in [1.82, 2.24) is 19.7 Å². The fraction of sp³-hybridized carbons (Fsp3) is 0.286. The molecule has 0 saturated carbocycles. The lowest BCUT2D eigenvalue weighted by atomic mass is 10.1. The number of hydrogen-bond acceptors (Lipinski definition) is 5. The third-order valence-corrected chi connectivity index (χ3v) is 5.22. The summed E-state index contributed by atoms with van der Waals surface area (Å²) in [5.41, 5.74) is 2.55. The van der Waals surface area contributed by atoms with Crippen molar-refractivity contribution in [2.75, 3.05) is 25.5 Å². The van der Waals surface area contributed by atoms with Crippen LogP contribution in [0.1, 0.15) is 23.3 Å². The standard InChI is InChI=1S/C21H23N5O2/c1-14-11-25(2)13-19(14)26-12-17(15-6-4-3-5-7-15)20(24-26)23-18-10-22-9-8-16(18)21(27)28/h3-10,12,14,19H,11,13H2,1-2H3,(H,23,24)(H,27,28)/t14-,19?/m1/s1. The van der Waals surface area contributed by atoms with Gasteiger partial charge in [-0.1, -0.05) is 37.3 Å². The molecule has 1 unspecified atom stereocenters. The molecule has 1 aliphatic heterocycles. The molecule has 28 heavy (non-hydrogen) atoms. The summed E-state index contributed by atoms with van der Waals surface area (Å²) in [5.74, 6) is 0.106. The fourth-order valence-corrected chi connectivity index (χ4v) is 3.82. The number of hydrogen-bond donors (Lipinski definition) is 2. The van der Waals surface area contributed by atoms with E-state index in [1.54, 1.807) is 0 Å². The Morgan fingerprint density at radius 3 is 2.68 bits per heavy atom. The first kappa shape index (κ1) is 18.2. The SMILES string of the molecule is C[C@@H]1CN(C)CC1n1cc(-c2ccccc2)c(Nc2cnccc2C(=O)O)n1. The zero-order chi connectivity index (χ0) is 19.7. The molecular weight excluding hydrogens is 354 g/mol. The molecule has 3 heterocycles. The van der Waals surface area contributed by atoms with Crippen LogP contribution in [0.15, 0.2) is 55.0 Å². The molecule has 2 aromatic heterocycles. The van der Waals surface area contributed by atoms with Crippen LogP contribution in [0.4, 0.5) is 11.5 Å². The summed E-state index contributed by atoms with van der Waals surface area (Å²) in [5, 5.41) is 17.5. The molecule has 0 bridgehead atoms. The number of rotatable bonds is 5. The fourth-order valence-electron chi connectivity index (χ4n) is 3.82. The molecule has 4 rings (SSSR count). The van der Waals surface area contributed by atoms with Gasteiger partial charge in [0.25, 0.3) is 0 Å². The molecule has 144 valence electrons. The van der Waals surface area contributed by atoms with Gasteiger partial charge < -0.3 is 15.3 Å². The Morgan fingerprint density at radius 2 is 2.00 bits per heavy atom. The smallest absolute Gasteiger partial charge is 0.337 e. The summed E-state index contributed by atoms with van der Waals surface area (Å²) in [6.45, 7) is 4.19. The molecule has 1 fully saturated rings. The van der Waals surface area contributed by atoms with Crippen molar-refractivity contribution >= 4 is 17.5 Å². The number of nitrogens with one attached hydrogen (secondary N) is 1. The molecule has 1 aliphatic rings. The number of aromatic carboxylic acids is 1. The van der Waals surface area contributed by atoms with Crippen LogP contribution in [0.2, 0.25) is 0 Å². The number of likely N-dealkylation sites (N-methyl/N-ethyl adjacent to an activating group) is 1. The summed E-state index contributed by atoms with van der Waals surface area (Å²) >= 11 is 0. The minimum atomic E-state index is -1.00. The van der Waals surface area contributed by atoms with Crippen molar-refractivity contribution in [3.05, 3.63) is 60.6 Å². The van der Waals surface area contributed by atoms with E-state index in [0.29, 0.717) is 17.4 Å². The monoisotopic (exact) mass is 377 g/mol. The van der Waals surface area contributed by atoms with Crippen molar-refractivity contribution in [3.8, 4) is 11.1 Å². The Hall–Kier alpha value is -3.19. The minimum absolute atomic E-state index is 0.164. The van der Waals surface area contributed by atoms with Crippen LogP contribution in [-0.4, -0.2) is 50.9 Å². The van der Waals surface area contributed by atoms with Gasteiger partial charge in [-0.15, -0.1) is 0 Å².